The van der Waals surface area contributed by atoms with Crippen molar-refractivity contribution in [3.63, 3.8) is 0 Å². The molecule has 2 aromatic rings. The van der Waals surface area contributed by atoms with Crippen LogP contribution in [0.2, 0.25) is 5.02 Å². The minimum Gasteiger partial charge on any atom is -0.467 e. The molecular formula is C28H31BrClFN4O4. The molecule has 208 valence electrons. The van der Waals surface area contributed by atoms with Crippen molar-refractivity contribution in [3.8, 4) is 0 Å². The molecule has 2 aliphatic heterocycles. The number of halogens is 3. The highest BCUT2D eigenvalue weighted by atomic mass is 79.9. The molecule has 3 atom stereocenters. The molecule has 39 heavy (non-hydrogen) atoms. The van der Waals surface area contributed by atoms with E-state index in [4.69, 9.17) is 16.3 Å². The van der Waals surface area contributed by atoms with Crippen LogP contribution in [0.25, 0.3) is 0 Å². The fraction of sp³-hybridized carbons (Fsp3) is 0.429. The van der Waals surface area contributed by atoms with Crippen LogP contribution in [-0.2, 0) is 14.3 Å². The summed E-state index contributed by atoms with van der Waals surface area (Å²) < 4.78 is 19.6. The summed E-state index contributed by atoms with van der Waals surface area (Å²) in [5.74, 6) is -1.48. The molecule has 11 heteroatoms. The summed E-state index contributed by atoms with van der Waals surface area (Å²) in [7, 11) is 1.29. The fourth-order valence-electron chi connectivity index (χ4n) is 5.56. The Labute approximate surface area is 240 Å². The summed E-state index contributed by atoms with van der Waals surface area (Å²) in [5, 5.41) is 2.75. The van der Waals surface area contributed by atoms with Gasteiger partial charge in [-0.15, -0.1) is 6.58 Å². The highest BCUT2D eigenvalue weighted by molar-refractivity contribution is 9.10. The molecule has 1 spiro atoms. The van der Waals surface area contributed by atoms with Gasteiger partial charge in [0, 0.05) is 35.4 Å². The van der Waals surface area contributed by atoms with Gasteiger partial charge in [0.05, 0.1) is 29.3 Å². The number of nitrogens with one attached hydrogen (secondary N) is 1. The zero-order chi connectivity index (χ0) is 28.3. The van der Waals surface area contributed by atoms with Gasteiger partial charge in [-0.05, 0) is 65.5 Å². The number of benzene rings is 1. The van der Waals surface area contributed by atoms with Crippen LogP contribution in [0.1, 0.15) is 44.3 Å². The summed E-state index contributed by atoms with van der Waals surface area (Å²) in [5.41, 5.74) is 0.390. The Bertz CT molecular complexity index is 1250. The lowest BCUT2D eigenvalue weighted by Crippen LogP contribution is -2.67. The lowest BCUT2D eigenvalue weighted by molar-refractivity contribution is -0.144. The van der Waals surface area contributed by atoms with E-state index in [0.717, 1.165) is 10.9 Å². The average molecular weight is 622 g/mol. The Morgan fingerprint density at radius 1 is 1.33 bits per heavy atom. The van der Waals surface area contributed by atoms with Crippen LogP contribution in [0.5, 0.6) is 0 Å². The van der Waals surface area contributed by atoms with Crippen molar-refractivity contribution < 1.29 is 23.5 Å². The minimum absolute atomic E-state index is 0.0729. The molecule has 1 aromatic heterocycles. The third kappa shape index (κ3) is 5.54. The van der Waals surface area contributed by atoms with Crippen molar-refractivity contribution in [1.82, 2.24) is 15.2 Å². The number of ether oxygens (including phenoxy) is 1. The normalized spacial score (nSPS) is 19.7. The standard InChI is InChI=1S/C28H31BrClFN4O4/c1-4-6-17(5-2)23(25(36)39-3)33-27(38)34-13-11-28(12-14-34)24(22-10-7-18(29)16-32-22)35(26(28)37)19-8-9-21(31)20(30)15-19/h5,7-10,15-17,23-24H,2,4,6,11-14H2,1,3H3,(H,33,38). The molecule has 0 bridgehead atoms. The number of urea groups is 1. The maximum absolute atomic E-state index is 13.9. The number of rotatable bonds is 8. The smallest absolute Gasteiger partial charge is 0.329 e. The molecule has 0 radical (unpaired) electrons. The summed E-state index contributed by atoms with van der Waals surface area (Å²) >= 11 is 9.44. The van der Waals surface area contributed by atoms with Crippen molar-refractivity contribution in [2.75, 3.05) is 25.1 Å². The SMILES string of the molecule is C=CC(CCC)C(NC(=O)N1CCC2(CC1)C(=O)N(c1ccc(F)c(Cl)c1)C2c1ccc(Br)cn1)C(=O)OC. The largest absolute Gasteiger partial charge is 0.467 e. The van der Waals surface area contributed by atoms with E-state index >= 15 is 0 Å². The Morgan fingerprint density at radius 3 is 2.62 bits per heavy atom. The van der Waals surface area contributed by atoms with Crippen molar-refractivity contribution >= 4 is 51.1 Å². The summed E-state index contributed by atoms with van der Waals surface area (Å²) in [6.07, 6.45) is 5.62. The number of amides is 3. The second kappa shape index (κ2) is 12.0. The number of nitrogens with zero attached hydrogens (tertiary/aromatic N) is 3. The number of aromatic nitrogens is 1. The van der Waals surface area contributed by atoms with Crippen molar-refractivity contribution in [2.45, 2.75) is 44.7 Å². The Morgan fingerprint density at radius 2 is 2.05 bits per heavy atom. The predicted octanol–water partition coefficient (Wildman–Crippen LogP) is 5.66. The second-order valence-corrected chi connectivity index (χ2v) is 11.2. The van der Waals surface area contributed by atoms with Gasteiger partial charge in [-0.25, -0.2) is 14.0 Å². The van der Waals surface area contributed by atoms with Gasteiger partial charge in [-0.2, -0.15) is 0 Å². The molecule has 3 amide bonds. The minimum atomic E-state index is -0.848. The van der Waals surface area contributed by atoms with Crippen LogP contribution in [0, 0.1) is 17.2 Å². The van der Waals surface area contributed by atoms with Gasteiger partial charge < -0.3 is 19.9 Å². The molecule has 0 aliphatic carbocycles. The molecule has 2 aliphatic rings. The van der Waals surface area contributed by atoms with E-state index in [1.165, 1.54) is 25.3 Å². The fourth-order valence-corrected chi connectivity index (χ4v) is 5.97. The van der Waals surface area contributed by atoms with E-state index in [9.17, 15) is 18.8 Å². The predicted molar refractivity (Wildman–Crippen MR) is 150 cm³/mol. The zero-order valence-corrected chi connectivity index (χ0v) is 24.2. The van der Waals surface area contributed by atoms with Gasteiger partial charge in [-0.3, -0.25) is 9.78 Å². The van der Waals surface area contributed by atoms with E-state index in [0.29, 0.717) is 43.7 Å². The van der Waals surface area contributed by atoms with Crippen LogP contribution in [-0.4, -0.2) is 54.0 Å². The van der Waals surface area contributed by atoms with Gasteiger partial charge in [0.15, 0.2) is 0 Å². The molecule has 3 heterocycles. The number of hydrogen-bond acceptors (Lipinski definition) is 5. The highest BCUT2D eigenvalue weighted by Gasteiger charge is 2.63. The average Bonchev–Trinajstić information content (AvgIpc) is 2.95. The number of pyridine rings is 1. The second-order valence-electron chi connectivity index (χ2n) is 9.86. The summed E-state index contributed by atoms with van der Waals surface area (Å²) in [6, 6.07) is 6.26. The van der Waals surface area contributed by atoms with Crippen LogP contribution in [0.4, 0.5) is 14.9 Å². The number of β-lactam (4-membered cyclic amide) rings is 1. The summed E-state index contributed by atoms with van der Waals surface area (Å²) in [6.45, 7) is 6.42. The van der Waals surface area contributed by atoms with Gasteiger partial charge >= 0.3 is 12.0 Å². The first kappa shape index (κ1) is 29.0. The number of piperidine rings is 1. The molecule has 3 unspecified atom stereocenters. The first-order valence-electron chi connectivity index (χ1n) is 12.8. The van der Waals surface area contributed by atoms with E-state index < -0.39 is 35.3 Å². The topological polar surface area (TPSA) is 91.8 Å². The lowest BCUT2D eigenvalue weighted by Gasteiger charge is -2.58. The van der Waals surface area contributed by atoms with Crippen LogP contribution >= 0.6 is 27.5 Å². The molecule has 8 nitrogen and oxygen atoms in total. The molecule has 4 rings (SSSR count). The van der Waals surface area contributed by atoms with Crippen LogP contribution < -0.4 is 10.2 Å². The number of anilines is 1. The molecule has 1 N–H and O–H groups in total. The number of esters is 1. The molecule has 0 saturated carbocycles. The van der Waals surface area contributed by atoms with Gasteiger partial charge in [0.1, 0.15) is 11.9 Å². The van der Waals surface area contributed by atoms with Crippen LogP contribution in [0.15, 0.2) is 53.7 Å². The van der Waals surface area contributed by atoms with E-state index in [2.05, 4.69) is 32.8 Å². The number of methoxy groups -OCH3 is 1. The van der Waals surface area contributed by atoms with E-state index in [-0.39, 0.29) is 16.8 Å². The Kier molecular flexibility index (Phi) is 8.96. The highest BCUT2D eigenvalue weighted by Crippen LogP contribution is 2.57. The van der Waals surface area contributed by atoms with E-state index in [1.54, 1.807) is 22.1 Å². The Balaban J connectivity index is 1.55. The Hall–Kier alpha value is -2.98. The third-order valence-corrected chi connectivity index (χ3v) is 8.43. The molecule has 1 aromatic carbocycles. The maximum atomic E-state index is 13.9. The monoisotopic (exact) mass is 620 g/mol. The summed E-state index contributed by atoms with van der Waals surface area (Å²) in [4.78, 5) is 47.2. The number of carbonyl (C=O) groups excluding carboxylic acids is 3. The third-order valence-electron chi connectivity index (χ3n) is 7.67. The van der Waals surface area contributed by atoms with Gasteiger partial charge in [0.2, 0.25) is 5.91 Å². The van der Waals surface area contributed by atoms with E-state index in [1.807, 2.05) is 19.1 Å². The number of likely N-dealkylation sites (tertiary alicyclic amines) is 1. The maximum Gasteiger partial charge on any atom is 0.329 e. The van der Waals surface area contributed by atoms with Gasteiger partial charge in [-0.1, -0.05) is 31.0 Å². The van der Waals surface area contributed by atoms with Crippen molar-refractivity contribution in [2.24, 2.45) is 11.3 Å². The van der Waals surface area contributed by atoms with Crippen molar-refractivity contribution in [1.29, 1.82) is 0 Å². The first-order valence-corrected chi connectivity index (χ1v) is 14.0. The first-order chi connectivity index (χ1) is 18.7. The van der Waals surface area contributed by atoms with Crippen LogP contribution in [0.3, 0.4) is 0 Å². The molecule has 2 fully saturated rings. The quantitative estimate of drug-likeness (QED) is 0.233. The van der Waals surface area contributed by atoms with Crippen molar-refractivity contribution in [3.05, 3.63) is 70.2 Å². The molecular weight excluding hydrogens is 591 g/mol. The molecule has 2 saturated heterocycles. The number of hydrogen-bond donors (Lipinski definition) is 1. The lowest BCUT2D eigenvalue weighted by atomic mass is 9.63. The zero-order valence-electron chi connectivity index (χ0n) is 21.8. The van der Waals surface area contributed by atoms with Gasteiger partial charge in [0.25, 0.3) is 0 Å². The number of carbonyl (C=O) groups is 3.